The van der Waals surface area contributed by atoms with Crippen LogP contribution in [-0.2, 0) is 4.84 Å². The summed E-state index contributed by atoms with van der Waals surface area (Å²) in [5.41, 5.74) is 1.45. The second kappa shape index (κ2) is 5.20. The van der Waals surface area contributed by atoms with Gasteiger partial charge >= 0.3 is 0 Å². The summed E-state index contributed by atoms with van der Waals surface area (Å²) in [5, 5.41) is 6.56. The van der Waals surface area contributed by atoms with Gasteiger partial charge in [0.25, 0.3) is 5.91 Å². The summed E-state index contributed by atoms with van der Waals surface area (Å²) < 4.78 is 5.46. The Balaban J connectivity index is 1.99. The lowest BCUT2D eigenvalue weighted by atomic mass is 10.2. The number of hydrogen-bond acceptors (Lipinski definition) is 5. The minimum atomic E-state index is -0.262. The van der Waals surface area contributed by atoms with Gasteiger partial charge < -0.3 is 14.6 Å². The van der Waals surface area contributed by atoms with Gasteiger partial charge in [-0.05, 0) is 6.92 Å². The van der Waals surface area contributed by atoms with Gasteiger partial charge in [0.1, 0.15) is 6.61 Å². The fraction of sp³-hybridized carbons (Fsp3) is 0.583. The van der Waals surface area contributed by atoms with E-state index in [9.17, 15) is 4.79 Å². The van der Waals surface area contributed by atoms with Crippen LogP contribution in [0.3, 0.4) is 0 Å². The van der Waals surface area contributed by atoms with E-state index in [-0.39, 0.29) is 17.6 Å². The quantitative estimate of drug-likeness (QED) is 0.882. The molecule has 2 heterocycles. The summed E-state index contributed by atoms with van der Waals surface area (Å²) in [4.78, 5) is 21.0. The minimum absolute atomic E-state index is 0.165. The second-order valence-electron chi connectivity index (χ2n) is 4.54. The first-order valence-electron chi connectivity index (χ1n) is 6.01. The molecule has 1 aromatic rings. The number of hydrogen-bond donors (Lipinski definition) is 1. The zero-order valence-electron chi connectivity index (χ0n) is 10.8. The van der Waals surface area contributed by atoms with Crippen molar-refractivity contribution in [1.82, 2.24) is 10.3 Å². The highest BCUT2D eigenvalue weighted by Gasteiger charge is 2.19. The van der Waals surface area contributed by atoms with Gasteiger partial charge in [-0.1, -0.05) is 19.0 Å². The number of carbonyl (C=O) groups excluding carboxylic acids is 1. The van der Waals surface area contributed by atoms with Crippen molar-refractivity contribution in [1.29, 1.82) is 0 Å². The lowest BCUT2D eigenvalue weighted by Gasteiger charge is -2.01. The Morgan fingerprint density at radius 2 is 2.28 bits per heavy atom. The zero-order valence-corrected chi connectivity index (χ0v) is 10.8. The molecule has 0 aliphatic carbocycles. The number of oxime groups is 1. The smallest absolute Gasteiger partial charge is 0.289 e. The third-order valence-electron chi connectivity index (χ3n) is 2.64. The van der Waals surface area contributed by atoms with Crippen molar-refractivity contribution in [3.8, 4) is 0 Å². The number of aromatic nitrogens is 1. The van der Waals surface area contributed by atoms with Crippen LogP contribution in [0, 0.1) is 6.92 Å². The topological polar surface area (TPSA) is 76.7 Å². The number of oxazole rings is 1. The normalized spacial score (nSPS) is 14.6. The average Bonchev–Trinajstić information content (AvgIpc) is 2.94. The van der Waals surface area contributed by atoms with E-state index >= 15 is 0 Å². The fourth-order valence-electron chi connectivity index (χ4n) is 1.60. The zero-order chi connectivity index (χ0) is 13.1. The molecule has 0 spiro atoms. The Morgan fingerprint density at radius 3 is 2.83 bits per heavy atom. The second-order valence-corrected chi connectivity index (χ2v) is 4.54. The summed E-state index contributed by atoms with van der Waals surface area (Å²) in [7, 11) is 0. The molecule has 6 nitrogen and oxygen atoms in total. The number of carbonyl (C=O) groups is 1. The summed E-state index contributed by atoms with van der Waals surface area (Å²) in [6.45, 7) is 6.68. The number of nitrogens with one attached hydrogen (secondary N) is 1. The van der Waals surface area contributed by atoms with Crippen molar-refractivity contribution in [2.24, 2.45) is 5.16 Å². The van der Waals surface area contributed by atoms with Gasteiger partial charge in [-0.3, -0.25) is 4.79 Å². The lowest BCUT2D eigenvalue weighted by Crippen LogP contribution is -2.29. The summed E-state index contributed by atoms with van der Waals surface area (Å²) in [6, 6.07) is 0. The van der Waals surface area contributed by atoms with E-state index in [1.807, 2.05) is 13.8 Å². The maximum Gasteiger partial charge on any atom is 0.289 e. The van der Waals surface area contributed by atoms with Gasteiger partial charge in [-0.2, -0.15) is 0 Å². The van der Waals surface area contributed by atoms with Crippen LogP contribution in [-0.4, -0.2) is 29.8 Å². The van der Waals surface area contributed by atoms with Crippen molar-refractivity contribution in [2.45, 2.75) is 33.1 Å². The van der Waals surface area contributed by atoms with Crippen LogP contribution in [0.2, 0.25) is 0 Å². The van der Waals surface area contributed by atoms with E-state index in [1.165, 1.54) is 0 Å². The first-order valence-corrected chi connectivity index (χ1v) is 6.01. The van der Waals surface area contributed by atoms with E-state index in [0.29, 0.717) is 24.7 Å². The summed E-state index contributed by atoms with van der Waals surface area (Å²) >= 11 is 0. The number of rotatable bonds is 4. The highest BCUT2D eigenvalue weighted by molar-refractivity contribution is 5.96. The molecular formula is C12H17N3O3. The molecule has 2 rings (SSSR count). The standard InChI is InChI=1S/C12H17N3O3/c1-7(2)12-14-8(3)10(18-12)11(16)13-6-9-4-5-17-15-9/h7H,4-6H2,1-3H3,(H,13,16). The first kappa shape index (κ1) is 12.6. The van der Waals surface area contributed by atoms with Gasteiger partial charge in [-0.15, -0.1) is 0 Å². The molecule has 0 atom stereocenters. The van der Waals surface area contributed by atoms with Crippen molar-refractivity contribution < 1.29 is 14.0 Å². The molecule has 1 aliphatic heterocycles. The summed E-state index contributed by atoms with van der Waals surface area (Å²) in [6.07, 6.45) is 0.757. The number of aryl methyl sites for hydroxylation is 1. The van der Waals surface area contributed by atoms with Gasteiger partial charge in [0.05, 0.1) is 18.0 Å². The third-order valence-corrected chi connectivity index (χ3v) is 2.64. The van der Waals surface area contributed by atoms with E-state index < -0.39 is 0 Å². The highest BCUT2D eigenvalue weighted by Crippen LogP contribution is 2.17. The SMILES string of the molecule is Cc1nc(C(C)C)oc1C(=O)NCC1=NOCC1. The van der Waals surface area contributed by atoms with Crippen molar-refractivity contribution in [3.05, 3.63) is 17.3 Å². The molecule has 0 radical (unpaired) electrons. The third kappa shape index (κ3) is 2.69. The van der Waals surface area contributed by atoms with Crippen LogP contribution in [0.25, 0.3) is 0 Å². The van der Waals surface area contributed by atoms with Crippen LogP contribution >= 0.6 is 0 Å². The Labute approximate surface area is 105 Å². The first-order chi connectivity index (χ1) is 8.58. The van der Waals surface area contributed by atoms with Crippen molar-refractivity contribution >= 4 is 11.6 Å². The molecular weight excluding hydrogens is 234 g/mol. The Hall–Kier alpha value is -1.85. The molecule has 1 amide bonds. The molecule has 98 valence electrons. The monoisotopic (exact) mass is 251 g/mol. The predicted molar refractivity (Wildman–Crippen MR) is 65.7 cm³/mol. The molecule has 6 heteroatoms. The Bertz CT molecular complexity index is 477. The van der Waals surface area contributed by atoms with Crippen LogP contribution < -0.4 is 5.32 Å². The number of amides is 1. The fourth-order valence-corrected chi connectivity index (χ4v) is 1.60. The lowest BCUT2D eigenvalue weighted by molar-refractivity contribution is 0.0928. The molecule has 0 fully saturated rings. The maximum atomic E-state index is 11.9. The van der Waals surface area contributed by atoms with Gasteiger partial charge in [0, 0.05) is 12.3 Å². The van der Waals surface area contributed by atoms with Crippen LogP contribution in [0.5, 0.6) is 0 Å². The van der Waals surface area contributed by atoms with Gasteiger partial charge in [0.2, 0.25) is 5.76 Å². The Morgan fingerprint density at radius 1 is 1.50 bits per heavy atom. The molecule has 0 unspecified atom stereocenters. The minimum Gasteiger partial charge on any atom is -0.435 e. The van der Waals surface area contributed by atoms with Crippen molar-refractivity contribution in [3.63, 3.8) is 0 Å². The van der Waals surface area contributed by atoms with E-state index in [2.05, 4.69) is 15.5 Å². The summed E-state index contributed by atoms with van der Waals surface area (Å²) in [5.74, 6) is 0.761. The Kier molecular flexibility index (Phi) is 3.64. The molecule has 18 heavy (non-hydrogen) atoms. The highest BCUT2D eigenvalue weighted by atomic mass is 16.6. The largest absolute Gasteiger partial charge is 0.435 e. The van der Waals surface area contributed by atoms with Crippen LogP contribution in [0.4, 0.5) is 0 Å². The molecule has 0 saturated carbocycles. The van der Waals surface area contributed by atoms with E-state index in [1.54, 1.807) is 6.92 Å². The number of nitrogens with zero attached hydrogens (tertiary/aromatic N) is 2. The average molecular weight is 251 g/mol. The van der Waals surface area contributed by atoms with E-state index in [4.69, 9.17) is 9.25 Å². The van der Waals surface area contributed by atoms with Crippen molar-refractivity contribution in [2.75, 3.05) is 13.2 Å². The van der Waals surface area contributed by atoms with E-state index in [0.717, 1.165) is 12.1 Å². The van der Waals surface area contributed by atoms with Crippen LogP contribution in [0.1, 0.15) is 48.3 Å². The molecule has 1 aromatic heterocycles. The van der Waals surface area contributed by atoms with Gasteiger partial charge in [0.15, 0.2) is 5.89 Å². The molecule has 1 N–H and O–H groups in total. The van der Waals surface area contributed by atoms with Gasteiger partial charge in [-0.25, -0.2) is 4.98 Å². The van der Waals surface area contributed by atoms with Crippen LogP contribution in [0.15, 0.2) is 9.57 Å². The predicted octanol–water partition coefficient (Wildman–Crippen LogP) is 1.61. The molecule has 1 aliphatic rings. The molecule has 0 aromatic carbocycles. The molecule has 0 bridgehead atoms. The molecule has 0 saturated heterocycles. The maximum absolute atomic E-state index is 11.9.